The third-order valence-electron chi connectivity index (χ3n) is 2.16. The van der Waals surface area contributed by atoms with Crippen LogP contribution in [0.5, 0.6) is 0 Å². The summed E-state index contributed by atoms with van der Waals surface area (Å²) in [5.74, 6) is 0. The SMILES string of the molecule is CCc1c[nH]c(=S)n1-c1cnn(C)c1. The first-order chi connectivity index (χ1) is 6.72. The van der Waals surface area contributed by atoms with Gasteiger partial charge in [-0.3, -0.25) is 9.25 Å². The maximum atomic E-state index is 5.20. The van der Waals surface area contributed by atoms with Crippen molar-refractivity contribution in [1.82, 2.24) is 19.3 Å². The normalized spacial score (nSPS) is 10.7. The fourth-order valence-electron chi connectivity index (χ4n) is 1.47. The Hall–Kier alpha value is -1.36. The summed E-state index contributed by atoms with van der Waals surface area (Å²) in [5.41, 5.74) is 2.18. The molecule has 0 spiro atoms. The zero-order valence-electron chi connectivity index (χ0n) is 8.19. The Morgan fingerprint density at radius 1 is 1.57 bits per heavy atom. The Bertz CT molecular complexity index is 491. The number of aromatic nitrogens is 4. The van der Waals surface area contributed by atoms with Crippen molar-refractivity contribution < 1.29 is 0 Å². The van der Waals surface area contributed by atoms with Crippen molar-refractivity contribution in [2.75, 3.05) is 0 Å². The van der Waals surface area contributed by atoms with Gasteiger partial charge in [0.2, 0.25) is 0 Å². The van der Waals surface area contributed by atoms with Crippen LogP contribution in [0.2, 0.25) is 0 Å². The van der Waals surface area contributed by atoms with Gasteiger partial charge in [-0.2, -0.15) is 5.10 Å². The highest BCUT2D eigenvalue weighted by Gasteiger charge is 2.05. The van der Waals surface area contributed by atoms with Crippen molar-refractivity contribution in [3.8, 4) is 5.69 Å². The second kappa shape index (κ2) is 3.42. The Morgan fingerprint density at radius 2 is 2.36 bits per heavy atom. The summed E-state index contributed by atoms with van der Waals surface area (Å²) in [6.45, 7) is 2.10. The van der Waals surface area contributed by atoms with Crippen molar-refractivity contribution in [3.05, 3.63) is 29.1 Å². The number of hydrogen-bond donors (Lipinski definition) is 1. The lowest BCUT2D eigenvalue weighted by Crippen LogP contribution is -1.97. The molecule has 0 aliphatic heterocycles. The molecule has 0 aliphatic rings. The largest absolute Gasteiger partial charge is 0.337 e. The number of aromatic amines is 1. The van der Waals surface area contributed by atoms with Gasteiger partial charge in [0.15, 0.2) is 4.77 Å². The van der Waals surface area contributed by atoms with Gasteiger partial charge < -0.3 is 4.98 Å². The summed E-state index contributed by atoms with van der Waals surface area (Å²) >= 11 is 5.20. The maximum absolute atomic E-state index is 5.20. The molecule has 0 amide bonds. The van der Waals surface area contributed by atoms with Crippen LogP contribution in [-0.2, 0) is 13.5 Å². The van der Waals surface area contributed by atoms with Crippen LogP contribution in [0.4, 0.5) is 0 Å². The number of aryl methyl sites for hydroxylation is 2. The number of hydrogen-bond acceptors (Lipinski definition) is 2. The summed E-state index contributed by atoms with van der Waals surface area (Å²) in [6.07, 6.45) is 6.64. The number of rotatable bonds is 2. The number of nitrogens with one attached hydrogen (secondary N) is 1. The van der Waals surface area contributed by atoms with Gasteiger partial charge in [0.1, 0.15) is 0 Å². The van der Waals surface area contributed by atoms with Crippen LogP contribution >= 0.6 is 12.2 Å². The van der Waals surface area contributed by atoms with Crippen LogP contribution in [0.1, 0.15) is 12.6 Å². The lowest BCUT2D eigenvalue weighted by Gasteiger charge is -2.01. The van der Waals surface area contributed by atoms with Gasteiger partial charge in [0.25, 0.3) is 0 Å². The van der Waals surface area contributed by atoms with E-state index >= 15 is 0 Å². The lowest BCUT2D eigenvalue weighted by molar-refractivity contribution is 0.766. The van der Waals surface area contributed by atoms with Gasteiger partial charge in [0, 0.05) is 25.1 Å². The molecule has 0 radical (unpaired) electrons. The van der Waals surface area contributed by atoms with E-state index in [4.69, 9.17) is 12.2 Å². The molecule has 0 saturated heterocycles. The smallest absolute Gasteiger partial charge is 0.182 e. The maximum Gasteiger partial charge on any atom is 0.182 e. The van der Waals surface area contributed by atoms with Crippen molar-refractivity contribution >= 4 is 12.2 Å². The predicted octanol–water partition coefficient (Wildman–Crippen LogP) is 1.83. The minimum atomic E-state index is 0.717. The first-order valence-electron chi connectivity index (χ1n) is 4.50. The summed E-state index contributed by atoms with van der Waals surface area (Å²) in [5, 5.41) is 4.12. The van der Waals surface area contributed by atoms with E-state index in [0.29, 0.717) is 0 Å². The highest BCUT2D eigenvalue weighted by atomic mass is 32.1. The van der Waals surface area contributed by atoms with Crippen molar-refractivity contribution in [1.29, 1.82) is 0 Å². The molecule has 2 rings (SSSR count). The van der Waals surface area contributed by atoms with Gasteiger partial charge in [0.05, 0.1) is 11.9 Å². The van der Waals surface area contributed by atoms with Gasteiger partial charge in [-0.05, 0) is 18.6 Å². The van der Waals surface area contributed by atoms with E-state index in [0.717, 1.165) is 16.9 Å². The van der Waals surface area contributed by atoms with Gasteiger partial charge in [-0.25, -0.2) is 0 Å². The number of H-pyrrole nitrogens is 1. The van der Waals surface area contributed by atoms with Gasteiger partial charge >= 0.3 is 0 Å². The second-order valence-corrected chi connectivity index (χ2v) is 3.53. The molecular formula is C9H12N4S. The van der Waals surface area contributed by atoms with E-state index in [2.05, 4.69) is 17.0 Å². The first kappa shape index (κ1) is 9.21. The first-order valence-corrected chi connectivity index (χ1v) is 4.91. The predicted molar refractivity (Wildman–Crippen MR) is 57.1 cm³/mol. The standard InChI is InChI=1S/C9H12N4S/c1-3-7-4-10-9(14)13(7)8-5-11-12(2)6-8/h4-6H,3H2,1-2H3,(H,10,14). The van der Waals surface area contributed by atoms with E-state index in [1.807, 2.05) is 30.2 Å². The van der Waals surface area contributed by atoms with E-state index < -0.39 is 0 Å². The minimum Gasteiger partial charge on any atom is -0.337 e. The lowest BCUT2D eigenvalue weighted by atomic mass is 10.3. The third-order valence-corrected chi connectivity index (χ3v) is 2.46. The van der Waals surface area contributed by atoms with Crippen LogP contribution < -0.4 is 0 Å². The fourth-order valence-corrected chi connectivity index (χ4v) is 1.75. The summed E-state index contributed by atoms with van der Waals surface area (Å²) in [6, 6.07) is 0. The molecule has 0 unspecified atom stereocenters. The van der Waals surface area contributed by atoms with E-state index in [9.17, 15) is 0 Å². The molecule has 2 aromatic rings. The molecule has 2 aromatic heterocycles. The molecule has 4 nitrogen and oxygen atoms in total. The van der Waals surface area contributed by atoms with Crippen LogP contribution in [0, 0.1) is 4.77 Å². The molecule has 74 valence electrons. The summed E-state index contributed by atoms with van der Waals surface area (Å²) in [4.78, 5) is 3.04. The molecule has 2 heterocycles. The van der Waals surface area contributed by atoms with Crippen molar-refractivity contribution in [3.63, 3.8) is 0 Å². The zero-order valence-corrected chi connectivity index (χ0v) is 9.01. The molecule has 1 N–H and O–H groups in total. The molecule has 14 heavy (non-hydrogen) atoms. The van der Waals surface area contributed by atoms with E-state index in [-0.39, 0.29) is 0 Å². The van der Waals surface area contributed by atoms with Gasteiger partial charge in [-0.15, -0.1) is 0 Å². The topological polar surface area (TPSA) is 38.5 Å². The van der Waals surface area contributed by atoms with E-state index in [1.54, 1.807) is 4.68 Å². The Kier molecular flexibility index (Phi) is 2.25. The minimum absolute atomic E-state index is 0.717. The number of nitrogens with zero attached hydrogens (tertiary/aromatic N) is 3. The Morgan fingerprint density at radius 3 is 2.93 bits per heavy atom. The molecule has 0 fully saturated rings. The van der Waals surface area contributed by atoms with Crippen molar-refractivity contribution in [2.24, 2.45) is 7.05 Å². The van der Waals surface area contributed by atoms with Crippen molar-refractivity contribution in [2.45, 2.75) is 13.3 Å². The Labute approximate surface area is 87.2 Å². The van der Waals surface area contributed by atoms with E-state index in [1.165, 1.54) is 5.69 Å². The Balaban J connectivity index is 2.60. The second-order valence-electron chi connectivity index (χ2n) is 3.15. The highest BCUT2D eigenvalue weighted by Crippen LogP contribution is 2.11. The molecule has 0 aromatic carbocycles. The average molecular weight is 208 g/mol. The molecule has 0 bridgehead atoms. The quantitative estimate of drug-likeness (QED) is 0.765. The highest BCUT2D eigenvalue weighted by molar-refractivity contribution is 7.71. The summed E-state index contributed by atoms with van der Waals surface area (Å²) in [7, 11) is 1.89. The third kappa shape index (κ3) is 1.39. The van der Waals surface area contributed by atoms with Crippen LogP contribution in [-0.4, -0.2) is 19.3 Å². The monoisotopic (exact) mass is 208 g/mol. The fraction of sp³-hybridized carbons (Fsp3) is 0.333. The molecule has 0 aliphatic carbocycles. The molecular weight excluding hydrogens is 196 g/mol. The van der Waals surface area contributed by atoms with Crippen LogP contribution in [0.15, 0.2) is 18.6 Å². The van der Waals surface area contributed by atoms with Crippen LogP contribution in [0.3, 0.4) is 0 Å². The molecule has 0 atom stereocenters. The zero-order chi connectivity index (χ0) is 10.1. The number of imidazole rings is 1. The van der Waals surface area contributed by atoms with Crippen LogP contribution in [0.25, 0.3) is 5.69 Å². The molecule has 0 saturated carbocycles. The summed E-state index contributed by atoms with van der Waals surface area (Å²) < 4.78 is 4.49. The molecule has 5 heteroatoms. The van der Waals surface area contributed by atoms with Gasteiger partial charge in [-0.1, -0.05) is 6.92 Å². The average Bonchev–Trinajstić information content (AvgIpc) is 2.71.